The number of amidine groups is 1. The minimum absolute atomic E-state index is 0.0519. The number of nitrogens with one attached hydrogen (secondary N) is 1. The summed E-state index contributed by atoms with van der Waals surface area (Å²) in [4.78, 5) is 24.3. The number of carbonyl (C=O) groups is 1. The number of hydrogen-bond acceptors (Lipinski definition) is 5. The van der Waals surface area contributed by atoms with E-state index in [1.165, 1.54) is 5.56 Å². The average Bonchev–Trinajstić information content (AvgIpc) is 3.30. The molecule has 2 aromatic carbocycles. The molecule has 198 valence electrons. The molecule has 3 aliphatic rings. The van der Waals surface area contributed by atoms with Crippen LogP contribution in [-0.2, 0) is 10.3 Å². The zero-order chi connectivity index (χ0) is 27.0. The molecule has 1 aliphatic carbocycles. The Morgan fingerprint density at radius 1 is 0.974 bits per heavy atom. The van der Waals surface area contributed by atoms with Gasteiger partial charge in [0.1, 0.15) is 17.5 Å². The predicted octanol–water partition coefficient (Wildman–Crippen LogP) is 7.09. The molecule has 0 saturated heterocycles. The highest BCUT2D eigenvalue weighted by atomic mass is 16.6. The first-order valence-electron chi connectivity index (χ1n) is 13.6. The van der Waals surface area contributed by atoms with Crippen LogP contribution in [0.3, 0.4) is 0 Å². The van der Waals surface area contributed by atoms with Crippen LogP contribution in [0.25, 0.3) is 5.57 Å². The fourth-order valence-electron chi connectivity index (χ4n) is 5.69. The highest BCUT2D eigenvalue weighted by Crippen LogP contribution is 2.46. The Labute approximate surface area is 230 Å². The van der Waals surface area contributed by atoms with Crippen molar-refractivity contribution >= 4 is 17.5 Å². The smallest absolute Gasteiger partial charge is 0.408 e. The summed E-state index contributed by atoms with van der Waals surface area (Å²) in [5, 5.41) is 3.17. The Morgan fingerprint density at radius 3 is 2.33 bits per heavy atom. The SMILES string of the molecule is CC(C)(C)OC(=O)NC1(c2ccc(C3N=C4C=C(c5ccncc5)C=CN4C3c3ccccc3)cc2)CCC1. The number of benzene rings is 2. The van der Waals surface area contributed by atoms with Gasteiger partial charge in [-0.25, -0.2) is 4.79 Å². The molecule has 2 unspecified atom stereocenters. The molecule has 1 fully saturated rings. The van der Waals surface area contributed by atoms with Gasteiger partial charge in [0.05, 0.1) is 11.6 Å². The van der Waals surface area contributed by atoms with Gasteiger partial charge in [-0.2, -0.15) is 0 Å². The summed E-state index contributed by atoms with van der Waals surface area (Å²) in [5.41, 5.74) is 4.82. The number of pyridine rings is 1. The Balaban J connectivity index is 1.31. The topological polar surface area (TPSA) is 66.8 Å². The van der Waals surface area contributed by atoms with Crippen molar-refractivity contribution in [2.24, 2.45) is 4.99 Å². The largest absolute Gasteiger partial charge is 0.444 e. The van der Waals surface area contributed by atoms with E-state index in [0.29, 0.717) is 0 Å². The number of allylic oxidation sites excluding steroid dienone is 2. The molecule has 6 rings (SSSR count). The zero-order valence-electron chi connectivity index (χ0n) is 22.7. The van der Waals surface area contributed by atoms with Crippen LogP contribution < -0.4 is 5.32 Å². The van der Waals surface area contributed by atoms with Crippen LogP contribution in [0.15, 0.2) is 102 Å². The fourth-order valence-corrected chi connectivity index (χ4v) is 5.69. The number of alkyl carbamates (subject to hydrolysis) is 1. The van der Waals surface area contributed by atoms with E-state index < -0.39 is 5.60 Å². The number of carbonyl (C=O) groups excluding carboxylic acids is 1. The van der Waals surface area contributed by atoms with Crippen LogP contribution in [0.4, 0.5) is 4.79 Å². The first-order valence-corrected chi connectivity index (χ1v) is 13.6. The molecule has 6 nitrogen and oxygen atoms in total. The number of amides is 1. The summed E-state index contributed by atoms with van der Waals surface area (Å²) < 4.78 is 5.56. The first kappa shape index (κ1) is 25.1. The van der Waals surface area contributed by atoms with E-state index in [9.17, 15) is 4.79 Å². The molecule has 1 amide bonds. The van der Waals surface area contributed by atoms with Gasteiger partial charge in [-0.15, -0.1) is 0 Å². The Kier molecular flexibility index (Phi) is 6.34. The van der Waals surface area contributed by atoms with E-state index in [2.05, 4.69) is 82.1 Å². The second-order valence-corrected chi connectivity index (χ2v) is 11.5. The third kappa shape index (κ3) is 4.99. The van der Waals surface area contributed by atoms with Crippen LogP contribution in [0.2, 0.25) is 0 Å². The molecular weight excluding hydrogens is 484 g/mol. The van der Waals surface area contributed by atoms with Gasteiger partial charge in [0, 0.05) is 18.6 Å². The number of nitrogens with zero attached hydrogens (tertiary/aromatic N) is 3. The monoisotopic (exact) mass is 518 g/mol. The summed E-state index contributed by atoms with van der Waals surface area (Å²) in [7, 11) is 0. The Morgan fingerprint density at radius 2 is 1.69 bits per heavy atom. The van der Waals surface area contributed by atoms with E-state index in [1.807, 2.05) is 51.4 Å². The van der Waals surface area contributed by atoms with Crippen LogP contribution >= 0.6 is 0 Å². The van der Waals surface area contributed by atoms with Crippen molar-refractivity contribution in [1.29, 1.82) is 0 Å². The van der Waals surface area contributed by atoms with Crippen LogP contribution in [0.5, 0.6) is 0 Å². The lowest BCUT2D eigenvalue weighted by molar-refractivity contribution is 0.0377. The van der Waals surface area contributed by atoms with Gasteiger partial charge in [-0.05, 0) is 92.1 Å². The van der Waals surface area contributed by atoms with Crippen LogP contribution in [0, 0.1) is 0 Å². The van der Waals surface area contributed by atoms with Gasteiger partial charge >= 0.3 is 6.09 Å². The van der Waals surface area contributed by atoms with Crippen molar-refractivity contribution in [3.8, 4) is 0 Å². The number of ether oxygens (including phenoxy) is 1. The molecule has 39 heavy (non-hydrogen) atoms. The standard InChI is InChI=1S/C33H34N4O2/c1-32(2,3)39-31(38)36-33(17-7-18-33)27-12-10-24(11-13-27)29-30(25-8-5-4-6-9-25)37-21-16-26(22-28(37)35-29)23-14-19-34-20-15-23/h4-6,8-16,19-22,29-30H,7,17-18H2,1-3H3,(H,36,38). The summed E-state index contributed by atoms with van der Waals surface area (Å²) in [6, 6.07) is 23.3. The second-order valence-electron chi connectivity index (χ2n) is 11.5. The van der Waals surface area contributed by atoms with Gasteiger partial charge in [0.25, 0.3) is 0 Å². The van der Waals surface area contributed by atoms with Gasteiger partial charge < -0.3 is 15.0 Å². The molecule has 6 heteroatoms. The maximum Gasteiger partial charge on any atom is 0.408 e. The molecule has 1 saturated carbocycles. The minimum atomic E-state index is -0.529. The maximum atomic E-state index is 12.6. The van der Waals surface area contributed by atoms with Crippen molar-refractivity contribution in [1.82, 2.24) is 15.2 Å². The second kappa shape index (κ2) is 9.84. The molecule has 3 aromatic rings. The number of fused-ring (bicyclic) bond motifs is 1. The van der Waals surface area contributed by atoms with E-state index >= 15 is 0 Å². The lowest BCUT2D eigenvalue weighted by atomic mass is 9.71. The van der Waals surface area contributed by atoms with Crippen LogP contribution in [-0.4, -0.2) is 27.4 Å². The number of aliphatic imine (C=N–C) groups is 1. The summed E-state index contributed by atoms with van der Waals surface area (Å²) in [6.07, 6.45) is 12.6. The Bertz CT molecular complexity index is 1430. The van der Waals surface area contributed by atoms with Gasteiger partial charge in [0.15, 0.2) is 0 Å². The van der Waals surface area contributed by atoms with Crippen LogP contribution in [0.1, 0.15) is 74.4 Å². The van der Waals surface area contributed by atoms with E-state index in [0.717, 1.165) is 47.4 Å². The van der Waals surface area contributed by atoms with Crippen molar-refractivity contribution in [3.63, 3.8) is 0 Å². The number of rotatable bonds is 5. The molecular formula is C33H34N4O2. The van der Waals surface area contributed by atoms with Crippen molar-refractivity contribution in [2.45, 2.75) is 63.3 Å². The van der Waals surface area contributed by atoms with Gasteiger partial charge in [-0.1, -0.05) is 54.6 Å². The Hall–Kier alpha value is -4.19. The third-order valence-corrected chi connectivity index (χ3v) is 7.74. The molecule has 1 N–H and O–H groups in total. The lowest BCUT2D eigenvalue weighted by Crippen LogP contribution is -2.52. The molecule has 3 heterocycles. The minimum Gasteiger partial charge on any atom is -0.444 e. The summed E-state index contributed by atoms with van der Waals surface area (Å²) >= 11 is 0. The van der Waals surface area contributed by atoms with Crippen molar-refractivity contribution < 1.29 is 9.53 Å². The molecule has 0 spiro atoms. The van der Waals surface area contributed by atoms with Gasteiger partial charge in [-0.3, -0.25) is 9.98 Å². The summed E-state index contributed by atoms with van der Waals surface area (Å²) in [6.45, 7) is 5.66. The first-order chi connectivity index (χ1) is 18.8. The number of aromatic nitrogens is 1. The molecule has 2 atom stereocenters. The molecule has 1 aromatic heterocycles. The average molecular weight is 519 g/mol. The normalized spacial score (nSPS) is 21.4. The van der Waals surface area contributed by atoms with E-state index in [-0.39, 0.29) is 23.7 Å². The summed E-state index contributed by atoms with van der Waals surface area (Å²) in [5.74, 6) is 0.953. The highest BCUT2D eigenvalue weighted by Gasteiger charge is 2.42. The lowest BCUT2D eigenvalue weighted by Gasteiger charge is -2.43. The van der Waals surface area contributed by atoms with E-state index in [4.69, 9.17) is 9.73 Å². The fraction of sp³-hybridized carbons (Fsp3) is 0.303. The molecule has 0 bridgehead atoms. The predicted molar refractivity (Wildman–Crippen MR) is 154 cm³/mol. The third-order valence-electron chi connectivity index (χ3n) is 7.74. The molecule has 2 aliphatic heterocycles. The number of hydrogen-bond donors (Lipinski definition) is 1. The maximum absolute atomic E-state index is 12.6. The van der Waals surface area contributed by atoms with E-state index in [1.54, 1.807) is 0 Å². The van der Waals surface area contributed by atoms with Crippen molar-refractivity contribution in [3.05, 3.63) is 120 Å². The zero-order valence-corrected chi connectivity index (χ0v) is 22.7. The van der Waals surface area contributed by atoms with Crippen molar-refractivity contribution in [2.75, 3.05) is 0 Å². The quantitative estimate of drug-likeness (QED) is 0.391. The molecule has 0 radical (unpaired) electrons. The van der Waals surface area contributed by atoms with Gasteiger partial charge in [0.2, 0.25) is 0 Å². The highest BCUT2D eigenvalue weighted by molar-refractivity contribution is 6.05.